The van der Waals surface area contributed by atoms with Crippen molar-refractivity contribution in [2.24, 2.45) is 0 Å². The molecule has 3 N–H and O–H groups in total. The minimum absolute atomic E-state index is 0.135. The van der Waals surface area contributed by atoms with E-state index in [1.165, 1.54) is 30.3 Å². The van der Waals surface area contributed by atoms with Gasteiger partial charge in [-0.3, -0.25) is 4.57 Å². The van der Waals surface area contributed by atoms with Gasteiger partial charge >= 0.3 is 7.60 Å². The Labute approximate surface area is 108 Å². The molecule has 2 rings (SSSR count). The Balaban J connectivity index is 2.55. The molecule has 100 valence electrons. The Hall–Kier alpha value is -1.75. The molecule has 5 nitrogen and oxygen atoms in total. The molecular weight excluding hydrogens is 272 g/mol. The number of nitrogens with one attached hydrogen (secondary N) is 1. The fraction of sp³-hybridized carbons (Fsp3) is 0.0833. The largest absolute Gasteiger partial charge is 0.859 e. The van der Waals surface area contributed by atoms with Crippen LogP contribution >= 0.6 is 7.60 Å². The molecule has 1 unspecified atom stereocenters. The zero-order valence-corrected chi connectivity index (χ0v) is 10.5. The maximum Gasteiger partial charge on any atom is 0.363 e. The molecule has 0 saturated heterocycles. The molecule has 0 spiro atoms. The first kappa shape index (κ1) is 13.7. The molecule has 0 amide bonds. The lowest BCUT2D eigenvalue weighted by Crippen LogP contribution is -2.16. The van der Waals surface area contributed by atoms with E-state index >= 15 is 0 Å². The molecule has 0 bridgehead atoms. The van der Waals surface area contributed by atoms with Gasteiger partial charge in [-0.2, -0.15) is 0 Å². The smallest absolute Gasteiger partial charge is 0.363 e. The summed E-state index contributed by atoms with van der Waals surface area (Å²) in [6.45, 7) is 0. The van der Waals surface area contributed by atoms with E-state index in [9.17, 15) is 14.1 Å². The molecule has 0 aliphatic rings. The zero-order valence-electron chi connectivity index (χ0n) is 9.58. The van der Waals surface area contributed by atoms with Crippen LogP contribution in [0.5, 0.6) is 0 Å². The van der Waals surface area contributed by atoms with Crippen LogP contribution in [0.25, 0.3) is 10.8 Å². The summed E-state index contributed by atoms with van der Waals surface area (Å²) in [5.74, 6) is -3.27. The van der Waals surface area contributed by atoms with Gasteiger partial charge in [0.25, 0.3) is 0 Å². The number of rotatable bonds is 3. The molecule has 0 aliphatic heterocycles. The van der Waals surface area contributed by atoms with Crippen LogP contribution in [0.15, 0.2) is 36.4 Å². The first-order valence-corrected chi connectivity index (χ1v) is 6.96. The predicted molar refractivity (Wildman–Crippen MR) is 66.7 cm³/mol. The van der Waals surface area contributed by atoms with E-state index in [-0.39, 0.29) is 11.1 Å². The van der Waals surface area contributed by atoms with Crippen LogP contribution in [-0.4, -0.2) is 15.7 Å². The van der Waals surface area contributed by atoms with Gasteiger partial charge in [-0.15, -0.1) is 0 Å². The van der Waals surface area contributed by atoms with Gasteiger partial charge in [0.2, 0.25) is 5.91 Å². The van der Waals surface area contributed by atoms with Crippen molar-refractivity contribution in [1.29, 1.82) is 5.41 Å². The SMILES string of the molecule is N=C([O-])c1ccc2ccc(C(F)P(=O)(O)O)cc2c1. The zero-order chi connectivity index (χ0) is 14.2. The summed E-state index contributed by atoms with van der Waals surface area (Å²) in [7, 11) is -4.86. The van der Waals surface area contributed by atoms with Gasteiger partial charge in [0.1, 0.15) is 0 Å². The van der Waals surface area contributed by atoms with Crippen molar-refractivity contribution in [3.8, 4) is 0 Å². The summed E-state index contributed by atoms with van der Waals surface area (Å²) in [5.41, 5.74) is -0.0216. The van der Waals surface area contributed by atoms with Crippen LogP contribution < -0.4 is 5.11 Å². The Morgan fingerprint density at radius 3 is 2.42 bits per heavy atom. The van der Waals surface area contributed by atoms with Gasteiger partial charge in [-0.25, -0.2) is 4.39 Å². The molecule has 1 atom stereocenters. The van der Waals surface area contributed by atoms with Crippen molar-refractivity contribution in [3.05, 3.63) is 47.5 Å². The van der Waals surface area contributed by atoms with Crippen LogP contribution in [0.3, 0.4) is 0 Å². The van der Waals surface area contributed by atoms with Gasteiger partial charge in [0.15, 0.2) is 0 Å². The van der Waals surface area contributed by atoms with Crippen molar-refractivity contribution in [2.75, 3.05) is 0 Å². The number of benzene rings is 2. The lowest BCUT2D eigenvalue weighted by Gasteiger charge is -2.12. The number of alkyl halides is 1. The van der Waals surface area contributed by atoms with Gasteiger partial charge in [0, 0.05) is 0 Å². The summed E-state index contributed by atoms with van der Waals surface area (Å²) in [4.78, 5) is 17.6. The summed E-state index contributed by atoms with van der Waals surface area (Å²) >= 11 is 0. The third-order valence-electron chi connectivity index (χ3n) is 2.70. The summed E-state index contributed by atoms with van der Waals surface area (Å²) in [6.07, 6.45) is 0. The molecule has 7 heteroatoms. The second-order valence-corrected chi connectivity index (χ2v) is 5.71. The van der Waals surface area contributed by atoms with E-state index < -0.39 is 19.4 Å². The molecular formula is C12H10FNO4P-. The predicted octanol–water partition coefficient (Wildman–Crippen LogP) is 1.67. The van der Waals surface area contributed by atoms with E-state index in [0.717, 1.165) is 0 Å². The van der Waals surface area contributed by atoms with Crippen LogP contribution in [-0.2, 0) is 4.57 Å². The Bertz CT molecular complexity index is 697. The Morgan fingerprint density at radius 1 is 1.21 bits per heavy atom. The topological polar surface area (TPSA) is 104 Å². The summed E-state index contributed by atoms with van der Waals surface area (Å²) in [6, 6.07) is 8.50. The number of halogens is 1. The average Bonchev–Trinajstić information content (AvgIpc) is 2.35. The molecule has 0 saturated carbocycles. The van der Waals surface area contributed by atoms with Crippen molar-refractivity contribution < 1.29 is 23.8 Å². The summed E-state index contributed by atoms with van der Waals surface area (Å²) < 4.78 is 24.4. The number of hydrogen-bond acceptors (Lipinski definition) is 3. The first-order valence-electron chi connectivity index (χ1n) is 5.28. The quantitative estimate of drug-likeness (QED) is 0.452. The van der Waals surface area contributed by atoms with Crippen molar-refractivity contribution >= 4 is 24.3 Å². The fourth-order valence-corrected chi connectivity index (χ4v) is 2.30. The fourth-order valence-electron chi connectivity index (χ4n) is 1.75. The molecule has 0 fully saturated rings. The second kappa shape index (κ2) is 4.74. The Kier molecular flexibility index (Phi) is 3.41. The first-order chi connectivity index (χ1) is 8.79. The van der Waals surface area contributed by atoms with Gasteiger partial charge in [-0.1, -0.05) is 24.3 Å². The van der Waals surface area contributed by atoms with E-state index in [0.29, 0.717) is 10.8 Å². The highest BCUT2D eigenvalue weighted by Crippen LogP contribution is 2.52. The van der Waals surface area contributed by atoms with Crippen LogP contribution in [0.1, 0.15) is 17.0 Å². The van der Waals surface area contributed by atoms with Gasteiger partial charge in [-0.05, 0) is 39.9 Å². The molecule has 2 aromatic carbocycles. The van der Waals surface area contributed by atoms with Crippen LogP contribution in [0.4, 0.5) is 4.39 Å². The lowest BCUT2D eigenvalue weighted by atomic mass is 10.0. The highest BCUT2D eigenvalue weighted by atomic mass is 31.2. The lowest BCUT2D eigenvalue weighted by molar-refractivity contribution is -0.214. The minimum Gasteiger partial charge on any atom is -0.859 e. The van der Waals surface area contributed by atoms with Crippen molar-refractivity contribution in [1.82, 2.24) is 0 Å². The number of fused-ring (bicyclic) bond motifs is 1. The average molecular weight is 282 g/mol. The third kappa shape index (κ3) is 2.81. The van der Waals surface area contributed by atoms with E-state index in [1.54, 1.807) is 6.07 Å². The molecule has 0 heterocycles. The highest BCUT2D eigenvalue weighted by Gasteiger charge is 2.30. The summed E-state index contributed by atoms with van der Waals surface area (Å²) in [5, 5.41) is 19.1. The molecule has 2 aromatic rings. The van der Waals surface area contributed by atoms with E-state index in [4.69, 9.17) is 15.2 Å². The molecule has 19 heavy (non-hydrogen) atoms. The minimum atomic E-state index is -4.86. The maximum atomic E-state index is 13.6. The molecule has 0 radical (unpaired) electrons. The van der Waals surface area contributed by atoms with E-state index in [1.807, 2.05) is 0 Å². The van der Waals surface area contributed by atoms with Crippen LogP contribution in [0, 0.1) is 5.41 Å². The Morgan fingerprint density at radius 2 is 1.84 bits per heavy atom. The third-order valence-corrected chi connectivity index (χ3v) is 3.59. The van der Waals surface area contributed by atoms with Crippen molar-refractivity contribution in [2.45, 2.75) is 5.91 Å². The van der Waals surface area contributed by atoms with Gasteiger partial charge in [0.05, 0.1) is 0 Å². The van der Waals surface area contributed by atoms with Gasteiger partial charge < -0.3 is 20.3 Å². The highest BCUT2D eigenvalue weighted by molar-refractivity contribution is 7.51. The second-order valence-electron chi connectivity index (χ2n) is 4.08. The molecule has 0 aliphatic carbocycles. The monoisotopic (exact) mass is 282 g/mol. The normalized spacial score (nSPS) is 13.4. The maximum absolute atomic E-state index is 13.6. The number of hydrogen-bond donors (Lipinski definition) is 3. The standard InChI is InChI=1S/C12H11FNO4P/c13-11(19(16,17)18)8-3-1-7-2-4-9(12(14)15)6-10(7)5-8/h1-6,11H,(H2,14,15)(H2,16,17,18)/p-1. The molecule has 0 aromatic heterocycles. The van der Waals surface area contributed by atoms with Crippen molar-refractivity contribution in [3.63, 3.8) is 0 Å². The van der Waals surface area contributed by atoms with Crippen LogP contribution in [0.2, 0.25) is 0 Å². The van der Waals surface area contributed by atoms with E-state index in [2.05, 4.69) is 0 Å².